The zero-order valence-electron chi connectivity index (χ0n) is 17.0. The fourth-order valence-electron chi connectivity index (χ4n) is 5.56. The van der Waals surface area contributed by atoms with Gasteiger partial charge in [-0.15, -0.1) is 0 Å². The van der Waals surface area contributed by atoms with Gasteiger partial charge in [0.1, 0.15) is 5.82 Å². The van der Waals surface area contributed by atoms with Crippen LogP contribution in [0.2, 0.25) is 0 Å². The average molecular weight is 405 g/mol. The summed E-state index contributed by atoms with van der Waals surface area (Å²) in [5.41, 5.74) is 0.964. The second-order valence-electron chi connectivity index (χ2n) is 8.59. The third-order valence-corrected chi connectivity index (χ3v) is 6.88. The van der Waals surface area contributed by atoms with Crippen molar-refractivity contribution in [2.45, 2.75) is 56.1 Å². The Kier molecular flexibility index (Phi) is 5.03. The summed E-state index contributed by atoms with van der Waals surface area (Å²) in [4.78, 5) is 33.5. The number of anilines is 1. The van der Waals surface area contributed by atoms with Gasteiger partial charge in [0.2, 0.25) is 5.91 Å². The normalized spacial score (nSPS) is 24.8. The summed E-state index contributed by atoms with van der Waals surface area (Å²) in [5.74, 6) is 0.0609. The predicted molar refractivity (Wildman–Crippen MR) is 113 cm³/mol. The van der Waals surface area contributed by atoms with Crippen molar-refractivity contribution < 1.29 is 14.3 Å². The molecule has 156 valence electrons. The maximum Gasteiger partial charge on any atom is 0.254 e. The van der Waals surface area contributed by atoms with E-state index in [1.165, 1.54) is 0 Å². The van der Waals surface area contributed by atoms with Crippen LogP contribution in [0.3, 0.4) is 0 Å². The second-order valence-corrected chi connectivity index (χ2v) is 8.59. The third-order valence-electron chi connectivity index (χ3n) is 6.88. The molecule has 1 saturated heterocycles. The number of pyridine rings is 1. The van der Waals surface area contributed by atoms with Gasteiger partial charge < -0.3 is 15.0 Å². The van der Waals surface area contributed by atoms with Gasteiger partial charge >= 0.3 is 0 Å². The first-order chi connectivity index (χ1) is 14.7. The van der Waals surface area contributed by atoms with Gasteiger partial charge in [-0.3, -0.25) is 9.59 Å². The third kappa shape index (κ3) is 3.19. The number of aromatic nitrogens is 1. The Morgan fingerprint density at radius 1 is 1.13 bits per heavy atom. The number of benzene rings is 1. The van der Waals surface area contributed by atoms with Gasteiger partial charge in [0.15, 0.2) is 0 Å². The molecule has 1 aromatic heterocycles. The van der Waals surface area contributed by atoms with Crippen molar-refractivity contribution in [3.05, 3.63) is 59.8 Å². The first-order valence-corrected chi connectivity index (χ1v) is 10.9. The minimum absolute atomic E-state index is 0.0323. The van der Waals surface area contributed by atoms with Gasteiger partial charge in [0.05, 0.1) is 17.6 Å². The molecule has 30 heavy (non-hydrogen) atoms. The lowest BCUT2D eigenvalue weighted by molar-refractivity contribution is -0.121. The summed E-state index contributed by atoms with van der Waals surface area (Å²) in [7, 11) is 0. The lowest BCUT2D eigenvalue weighted by Crippen LogP contribution is -2.61. The Bertz CT molecular complexity index is 934. The molecular formula is C24H27N3O3. The van der Waals surface area contributed by atoms with E-state index in [1.54, 1.807) is 12.3 Å². The van der Waals surface area contributed by atoms with Gasteiger partial charge in [-0.05, 0) is 49.4 Å². The van der Waals surface area contributed by atoms with Crippen LogP contribution in [-0.2, 0) is 9.53 Å². The average Bonchev–Trinajstić information content (AvgIpc) is 3.45. The van der Waals surface area contributed by atoms with Crippen molar-refractivity contribution in [2.75, 3.05) is 18.5 Å². The minimum Gasteiger partial charge on any atom is -0.376 e. The molecule has 6 heteroatoms. The molecule has 2 atom stereocenters. The molecule has 1 aromatic carbocycles. The van der Waals surface area contributed by atoms with Crippen LogP contribution in [0.1, 0.15) is 60.4 Å². The number of carbonyl (C=O) groups excluding carboxylic acids is 2. The molecule has 2 aromatic rings. The summed E-state index contributed by atoms with van der Waals surface area (Å²) in [5, 5.41) is 3.01. The largest absolute Gasteiger partial charge is 0.376 e. The number of hydrogen-bond acceptors (Lipinski definition) is 4. The van der Waals surface area contributed by atoms with E-state index in [1.807, 2.05) is 41.3 Å². The quantitative estimate of drug-likeness (QED) is 0.841. The summed E-state index contributed by atoms with van der Waals surface area (Å²) < 4.78 is 5.88. The Hall–Kier alpha value is -2.73. The van der Waals surface area contributed by atoms with E-state index < -0.39 is 11.5 Å². The summed E-state index contributed by atoms with van der Waals surface area (Å²) in [6, 6.07) is 13.1. The summed E-state index contributed by atoms with van der Waals surface area (Å²) in [6.45, 7) is 1.31. The van der Waals surface area contributed by atoms with Crippen LogP contribution in [0.15, 0.2) is 48.7 Å². The van der Waals surface area contributed by atoms with Gasteiger partial charge in [-0.25, -0.2) is 4.98 Å². The highest BCUT2D eigenvalue weighted by atomic mass is 16.5. The zero-order valence-corrected chi connectivity index (χ0v) is 17.0. The first kappa shape index (κ1) is 19.2. The molecule has 0 bridgehead atoms. The monoisotopic (exact) mass is 405 g/mol. The molecule has 1 spiro atoms. The first-order valence-electron chi connectivity index (χ1n) is 10.9. The molecule has 3 heterocycles. The Morgan fingerprint density at radius 2 is 1.93 bits per heavy atom. The number of fused-ring (bicyclic) bond motifs is 1. The van der Waals surface area contributed by atoms with Gasteiger partial charge in [-0.1, -0.05) is 37.1 Å². The smallest absolute Gasteiger partial charge is 0.254 e. The number of amides is 2. The lowest BCUT2D eigenvalue weighted by Gasteiger charge is -2.50. The van der Waals surface area contributed by atoms with Crippen molar-refractivity contribution in [1.29, 1.82) is 0 Å². The van der Waals surface area contributed by atoms with Crippen LogP contribution in [0.5, 0.6) is 0 Å². The van der Waals surface area contributed by atoms with Crippen molar-refractivity contribution in [3.8, 4) is 0 Å². The lowest BCUT2D eigenvalue weighted by atomic mass is 9.71. The number of hydrogen-bond donors (Lipinski definition) is 1. The predicted octanol–water partition coefficient (Wildman–Crippen LogP) is 3.75. The van der Waals surface area contributed by atoms with E-state index in [4.69, 9.17) is 4.74 Å². The number of carbonyl (C=O) groups is 2. The highest BCUT2D eigenvalue weighted by Crippen LogP contribution is 2.50. The van der Waals surface area contributed by atoms with Crippen molar-refractivity contribution in [3.63, 3.8) is 0 Å². The molecule has 6 nitrogen and oxygen atoms in total. The molecule has 2 fully saturated rings. The highest BCUT2D eigenvalue weighted by molar-refractivity contribution is 6.05. The van der Waals surface area contributed by atoms with Gasteiger partial charge in [0, 0.05) is 24.9 Å². The SMILES string of the molecule is O=C(Nc1ccccn1)[C@H]1c2ccccc2C(=O)N(C[C@H]2CCCO2)C12CCCC2. The number of nitrogens with zero attached hydrogens (tertiary/aromatic N) is 2. The molecular weight excluding hydrogens is 378 g/mol. The standard InChI is InChI=1S/C24H27N3O3/c28-22(26-20-11-3-6-14-25-20)21-18-9-1-2-10-19(18)23(29)27(16-17-8-7-15-30-17)24(21)12-4-5-13-24/h1-3,6,9-11,14,17,21H,4-5,7-8,12-13,15-16H2,(H,25,26,28)/t17-,21-/m1/s1. The number of ether oxygens (including phenoxy) is 1. The Balaban J connectivity index is 1.57. The van der Waals surface area contributed by atoms with Crippen molar-refractivity contribution in [2.24, 2.45) is 0 Å². The van der Waals surface area contributed by atoms with Crippen LogP contribution < -0.4 is 5.32 Å². The van der Waals surface area contributed by atoms with E-state index >= 15 is 0 Å². The Morgan fingerprint density at radius 3 is 2.67 bits per heavy atom. The minimum atomic E-state index is -0.504. The fourth-order valence-corrected chi connectivity index (χ4v) is 5.56. The van der Waals surface area contributed by atoms with E-state index in [0.717, 1.165) is 50.7 Å². The van der Waals surface area contributed by atoms with Crippen molar-refractivity contribution in [1.82, 2.24) is 9.88 Å². The van der Waals surface area contributed by atoms with Gasteiger partial charge in [0.25, 0.3) is 5.91 Å². The van der Waals surface area contributed by atoms with Crippen LogP contribution in [0.25, 0.3) is 0 Å². The molecule has 3 aliphatic rings. The zero-order chi connectivity index (χ0) is 20.6. The van der Waals surface area contributed by atoms with Gasteiger partial charge in [-0.2, -0.15) is 0 Å². The maximum absolute atomic E-state index is 13.7. The highest BCUT2D eigenvalue weighted by Gasteiger charge is 2.56. The fraction of sp³-hybridized carbons (Fsp3) is 0.458. The van der Waals surface area contributed by atoms with E-state index in [0.29, 0.717) is 17.9 Å². The molecule has 1 aliphatic carbocycles. The van der Waals surface area contributed by atoms with Crippen LogP contribution >= 0.6 is 0 Å². The molecule has 2 aliphatic heterocycles. The van der Waals surface area contributed by atoms with Crippen LogP contribution in [0.4, 0.5) is 5.82 Å². The van der Waals surface area contributed by atoms with E-state index in [-0.39, 0.29) is 17.9 Å². The topological polar surface area (TPSA) is 71.5 Å². The number of rotatable bonds is 4. The molecule has 0 unspecified atom stereocenters. The van der Waals surface area contributed by atoms with Crippen LogP contribution in [-0.4, -0.2) is 46.5 Å². The maximum atomic E-state index is 13.7. The molecule has 5 rings (SSSR count). The van der Waals surface area contributed by atoms with E-state index in [9.17, 15) is 9.59 Å². The Labute approximate surface area is 176 Å². The molecule has 2 amide bonds. The van der Waals surface area contributed by atoms with Crippen molar-refractivity contribution >= 4 is 17.6 Å². The summed E-state index contributed by atoms with van der Waals surface area (Å²) >= 11 is 0. The summed E-state index contributed by atoms with van der Waals surface area (Å²) in [6.07, 6.45) is 7.42. The molecule has 0 radical (unpaired) electrons. The van der Waals surface area contributed by atoms with E-state index in [2.05, 4.69) is 10.3 Å². The second kappa shape index (κ2) is 7.84. The number of nitrogens with one attached hydrogen (secondary N) is 1. The molecule has 1 saturated carbocycles. The molecule has 1 N–H and O–H groups in total. The van der Waals surface area contributed by atoms with Crippen LogP contribution in [0, 0.1) is 0 Å².